The lowest BCUT2D eigenvalue weighted by molar-refractivity contribution is -0.137. The Kier molecular flexibility index (Phi) is 7.79. The smallest absolute Gasteiger partial charge is 0.381 e. The summed E-state index contributed by atoms with van der Waals surface area (Å²) in [5, 5.41) is 5.50. The van der Waals surface area contributed by atoms with Crippen LogP contribution in [0.15, 0.2) is 29.3 Å². The van der Waals surface area contributed by atoms with Crippen molar-refractivity contribution in [2.75, 3.05) is 32.8 Å². The highest BCUT2D eigenvalue weighted by Crippen LogP contribution is 2.38. The first-order valence-electron chi connectivity index (χ1n) is 9.40. The van der Waals surface area contributed by atoms with Crippen LogP contribution in [0.3, 0.4) is 0 Å². The molecule has 29 heavy (non-hydrogen) atoms. The van der Waals surface area contributed by atoms with Gasteiger partial charge in [-0.2, -0.15) is 26.3 Å². The van der Waals surface area contributed by atoms with Gasteiger partial charge < -0.3 is 15.4 Å². The van der Waals surface area contributed by atoms with Gasteiger partial charge in [-0.15, -0.1) is 0 Å². The molecule has 1 aliphatic rings. The van der Waals surface area contributed by atoms with E-state index in [9.17, 15) is 26.3 Å². The van der Waals surface area contributed by atoms with Crippen LogP contribution in [-0.2, 0) is 16.3 Å². The number of halogens is 6. The Morgan fingerprint density at radius 2 is 1.79 bits per heavy atom. The third kappa shape index (κ3) is 7.09. The van der Waals surface area contributed by atoms with E-state index in [1.165, 1.54) is 6.07 Å². The zero-order valence-corrected chi connectivity index (χ0v) is 16.1. The molecule has 164 valence electrons. The number of hydrogen-bond donors (Lipinski definition) is 2. The van der Waals surface area contributed by atoms with Crippen molar-refractivity contribution in [3.8, 4) is 0 Å². The molecule has 1 aromatic rings. The van der Waals surface area contributed by atoms with Gasteiger partial charge in [-0.3, -0.25) is 4.99 Å². The highest BCUT2D eigenvalue weighted by molar-refractivity contribution is 5.79. The first-order chi connectivity index (χ1) is 13.6. The first-order valence-corrected chi connectivity index (χ1v) is 9.40. The lowest BCUT2D eigenvalue weighted by Gasteiger charge is -2.37. The molecule has 1 fully saturated rings. The Hall–Kier alpha value is -1.97. The fourth-order valence-electron chi connectivity index (χ4n) is 3.22. The number of aliphatic imine (C=N–C) groups is 1. The quantitative estimate of drug-likeness (QED) is 0.407. The molecule has 0 unspecified atom stereocenters. The van der Waals surface area contributed by atoms with Gasteiger partial charge in [-0.25, -0.2) is 0 Å². The summed E-state index contributed by atoms with van der Waals surface area (Å²) in [7, 11) is 0. The van der Waals surface area contributed by atoms with E-state index in [4.69, 9.17) is 4.74 Å². The van der Waals surface area contributed by atoms with Gasteiger partial charge >= 0.3 is 12.4 Å². The Balaban J connectivity index is 2.23. The van der Waals surface area contributed by atoms with E-state index in [0.29, 0.717) is 38.2 Å². The maximum absolute atomic E-state index is 13.1. The van der Waals surface area contributed by atoms with Crippen LogP contribution in [0.2, 0.25) is 0 Å². The SMILES string of the molecule is CCNC(=NCC1(c2cccc(C(F)(F)F)c2)CCOCC1)NCCC(F)(F)F. The monoisotopic (exact) mass is 425 g/mol. The van der Waals surface area contributed by atoms with Crippen molar-refractivity contribution < 1.29 is 31.1 Å². The van der Waals surface area contributed by atoms with Gasteiger partial charge in [0.1, 0.15) is 0 Å². The van der Waals surface area contributed by atoms with Crippen LogP contribution in [0.25, 0.3) is 0 Å². The largest absolute Gasteiger partial charge is 0.416 e. The number of rotatable bonds is 6. The minimum absolute atomic E-state index is 0.138. The van der Waals surface area contributed by atoms with Crippen LogP contribution in [0.4, 0.5) is 26.3 Å². The molecule has 0 aromatic heterocycles. The highest BCUT2D eigenvalue weighted by atomic mass is 19.4. The van der Waals surface area contributed by atoms with E-state index >= 15 is 0 Å². The lowest BCUT2D eigenvalue weighted by atomic mass is 9.74. The molecule has 10 heteroatoms. The molecular weight excluding hydrogens is 400 g/mol. The van der Waals surface area contributed by atoms with E-state index in [2.05, 4.69) is 15.6 Å². The summed E-state index contributed by atoms with van der Waals surface area (Å²) in [6.45, 7) is 2.77. The number of ether oxygens (including phenoxy) is 1. The molecule has 1 saturated heterocycles. The van der Waals surface area contributed by atoms with Crippen molar-refractivity contribution in [3.05, 3.63) is 35.4 Å². The average molecular weight is 425 g/mol. The summed E-state index contributed by atoms with van der Waals surface area (Å²) in [5.41, 5.74) is -0.906. The Labute approximate surface area is 165 Å². The maximum atomic E-state index is 13.1. The van der Waals surface area contributed by atoms with Gasteiger partial charge in [0.05, 0.1) is 18.5 Å². The minimum Gasteiger partial charge on any atom is -0.381 e. The van der Waals surface area contributed by atoms with E-state index < -0.39 is 29.8 Å². The number of benzene rings is 1. The van der Waals surface area contributed by atoms with E-state index in [1.54, 1.807) is 13.0 Å². The maximum Gasteiger partial charge on any atom is 0.416 e. The van der Waals surface area contributed by atoms with Crippen molar-refractivity contribution >= 4 is 5.96 Å². The first kappa shape index (κ1) is 23.3. The molecule has 2 rings (SSSR count). The second kappa shape index (κ2) is 9.69. The Bertz CT molecular complexity index is 681. The molecule has 4 nitrogen and oxygen atoms in total. The van der Waals surface area contributed by atoms with Crippen LogP contribution in [0, 0.1) is 0 Å². The summed E-state index contributed by atoms with van der Waals surface area (Å²) < 4.78 is 81.9. The molecule has 1 aliphatic heterocycles. The molecular formula is C19H25F6N3O. The molecule has 0 saturated carbocycles. The van der Waals surface area contributed by atoms with Crippen LogP contribution in [0.5, 0.6) is 0 Å². The standard InChI is InChI=1S/C19H25F6N3O/c1-2-26-16(27-9-6-18(20,21)22)28-13-17(7-10-29-11-8-17)14-4-3-5-15(12-14)19(23,24)25/h3-5,12H,2,6-11,13H2,1H3,(H2,26,27,28). The summed E-state index contributed by atoms with van der Waals surface area (Å²) in [4.78, 5) is 4.39. The molecule has 0 bridgehead atoms. The van der Waals surface area contributed by atoms with Crippen molar-refractivity contribution in [3.63, 3.8) is 0 Å². The third-order valence-electron chi connectivity index (χ3n) is 4.84. The van der Waals surface area contributed by atoms with Gasteiger partial charge in [-0.1, -0.05) is 18.2 Å². The molecule has 1 heterocycles. The molecule has 0 spiro atoms. The fourth-order valence-corrected chi connectivity index (χ4v) is 3.22. The molecule has 1 aromatic carbocycles. The second-order valence-electron chi connectivity index (χ2n) is 6.96. The average Bonchev–Trinajstić information content (AvgIpc) is 2.65. The number of guanidine groups is 1. The zero-order valence-electron chi connectivity index (χ0n) is 16.1. The van der Waals surface area contributed by atoms with Crippen LogP contribution < -0.4 is 10.6 Å². The summed E-state index contributed by atoms with van der Waals surface area (Å²) in [5.74, 6) is 0.203. The minimum atomic E-state index is -4.46. The molecule has 0 atom stereocenters. The summed E-state index contributed by atoms with van der Waals surface area (Å²) in [6.07, 6.45) is -8.81. The molecule has 0 radical (unpaired) electrons. The Morgan fingerprint density at radius 1 is 1.10 bits per heavy atom. The highest BCUT2D eigenvalue weighted by Gasteiger charge is 2.37. The van der Waals surface area contributed by atoms with Gasteiger partial charge in [0.15, 0.2) is 5.96 Å². The Morgan fingerprint density at radius 3 is 2.38 bits per heavy atom. The number of hydrogen-bond acceptors (Lipinski definition) is 2. The van der Waals surface area contributed by atoms with Crippen molar-refractivity contribution in [1.82, 2.24) is 10.6 Å². The third-order valence-corrected chi connectivity index (χ3v) is 4.84. The van der Waals surface area contributed by atoms with Crippen molar-refractivity contribution in [2.24, 2.45) is 4.99 Å². The van der Waals surface area contributed by atoms with E-state index in [0.717, 1.165) is 12.1 Å². The van der Waals surface area contributed by atoms with Gasteiger partial charge in [0.25, 0.3) is 0 Å². The predicted octanol–water partition coefficient (Wildman–Crippen LogP) is 4.26. The van der Waals surface area contributed by atoms with Crippen LogP contribution >= 0.6 is 0 Å². The van der Waals surface area contributed by atoms with Crippen LogP contribution in [0.1, 0.15) is 37.3 Å². The number of alkyl halides is 6. The molecule has 0 amide bonds. The predicted molar refractivity (Wildman–Crippen MR) is 97.8 cm³/mol. The normalized spacial score (nSPS) is 17.8. The second-order valence-corrected chi connectivity index (χ2v) is 6.96. The summed E-state index contributed by atoms with van der Waals surface area (Å²) in [6, 6.07) is 5.15. The van der Waals surface area contributed by atoms with Crippen molar-refractivity contribution in [2.45, 2.75) is 44.0 Å². The lowest BCUT2D eigenvalue weighted by Crippen LogP contribution is -2.42. The van der Waals surface area contributed by atoms with Crippen molar-refractivity contribution in [1.29, 1.82) is 0 Å². The zero-order chi connectivity index (χ0) is 21.5. The molecule has 2 N–H and O–H groups in total. The number of nitrogens with one attached hydrogen (secondary N) is 2. The van der Waals surface area contributed by atoms with Gasteiger partial charge in [0.2, 0.25) is 0 Å². The van der Waals surface area contributed by atoms with Gasteiger partial charge in [0, 0.05) is 31.7 Å². The molecule has 0 aliphatic carbocycles. The number of nitrogens with zero attached hydrogens (tertiary/aromatic N) is 1. The summed E-state index contributed by atoms with van der Waals surface area (Å²) >= 11 is 0. The topological polar surface area (TPSA) is 45.7 Å². The fraction of sp³-hybridized carbons (Fsp3) is 0.632. The van der Waals surface area contributed by atoms with E-state index in [-0.39, 0.29) is 19.0 Å². The van der Waals surface area contributed by atoms with Gasteiger partial charge in [-0.05, 0) is 31.4 Å². The van der Waals surface area contributed by atoms with Crippen LogP contribution in [-0.4, -0.2) is 45.0 Å². The van der Waals surface area contributed by atoms with E-state index in [1.807, 2.05) is 0 Å².